The molecule has 2 nitrogen and oxygen atoms in total. The van der Waals surface area contributed by atoms with Crippen LogP contribution in [0.1, 0.15) is 5.56 Å². The molecule has 0 saturated carbocycles. The minimum Gasteiger partial charge on any atom is -0.356 e. The topological polar surface area (TPSA) is 35.8 Å². The number of allylic oxidation sites excluding steroid dienone is 1. The van der Waals surface area contributed by atoms with Crippen molar-refractivity contribution in [1.82, 2.24) is 0 Å². The lowest BCUT2D eigenvalue weighted by Crippen LogP contribution is -2.10. The van der Waals surface area contributed by atoms with Crippen LogP contribution in [0.4, 0.5) is 5.69 Å². The predicted molar refractivity (Wildman–Crippen MR) is 84.8 cm³/mol. The van der Waals surface area contributed by atoms with Crippen molar-refractivity contribution in [2.75, 3.05) is 11.1 Å². The number of para-hydroxylation sites is 1. The Labute approximate surface area is 127 Å². The van der Waals surface area contributed by atoms with Crippen molar-refractivity contribution in [2.24, 2.45) is 0 Å². The van der Waals surface area contributed by atoms with Gasteiger partial charge in [0, 0.05) is 26.9 Å². The number of halogens is 1. The van der Waals surface area contributed by atoms with Crippen molar-refractivity contribution in [2.45, 2.75) is 4.90 Å². The van der Waals surface area contributed by atoms with E-state index >= 15 is 0 Å². The van der Waals surface area contributed by atoms with Gasteiger partial charge in [-0.3, -0.25) is 0 Å². The van der Waals surface area contributed by atoms with Crippen LogP contribution in [0, 0.1) is 11.3 Å². The molecule has 0 aliphatic carbocycles. The van der Waals surface area contributed by atoms with Gasteiger partial charge < -0.3 is 5.32 Å². The molecule has 3 rings (SSSR count). The number of hydrogen-bond acceptors (Lipinski definition) is 3. The quantitative estimate of drug-likeness (QED) is 0.769. The van der Waals surface area contributed by atoms with E-state index in [1.165, 1.54) is 4.90 Å². The first-order valence-corrected chi connectivity index (χ1v) is 7.53. The number of nitrogens with one attached hydrogen (secondary N) is 1. The van der Waals surface area contributed by atoms with Crippen LogP contribution in [0.25, 0.3) is 5.57 Å². The highest BCUT2D eigenvalue weighted by Gasteiger charge is 2.18. The third kappa shape index (κ3) is 2.40. The summed E-state index contributed by atoms with van der Waals surface area (Å²) in [5.74, 6) is 0.741. The van der Waals surface area contributed by atoms with Gasteiger partial charge in [0.15, 0.2) is 0 Å². The molecule has 0 atom stereocenters. The summed E-state index contributed by atoms with van der Waals surface area (Å²) >= 11 is 7.92. The van der Waals surface area contributed by atoms with Crippen molar-refractivity contribution in [3.63, 3.8) is 0 Å². The Kier molecular flexibility index (Phi) is 3.68. The molecule has 4 heteroatoms. The molecular formula is C16H11ClN2S. The average molecular weight is 299 g/mol. The molecule has 0 saturated heterocycles. The van der Waals surface area contributed by atoms with Crippen LogP contribution in [0.2, 0.25) is 5.02 Å². The normalized spacial score (nSPS) is 15.8. The lowest BCUT2D eigenvalue weighted by Gasteiger charge is -2.21. The molecule has 2 aromatic rings. The van der Waals surface area contributed by atoms with Crippen LogP contribution in [-0.4, -0.2) is 5.75 Å². The van der Waals surface area contributed by atoms with Crippen molar-refractivity contribution in [3.05, 3.63) is 64.8 Å². The van der Waals surface area contributed by atoms with Gasteiger partial charge in [-0.05, 0) is 18.2 Å². The summed E-state index contributed by atoms with van der Waals surface area (Å²) in [6, 6.07) is 17.8. The summed E-state index contributed by atoms with van der Waals surface area (Å²) in [5.41, 5.74) is 3.33. The number of fused-ring (bicyclic) bond motifs is 1. The Balaban J connectivity index is 2.06. The molecule has 0 amide bonds. The Morgan fingerprint density at radius 1 is 1.15 bits per heavy atom. The molecular weight excluding hydrogens is 288 g/mol. The van der Waals surface area contributed by atoms with Gasteiger partial charge in [-0.25, -0.2) is 0 Å². The first-order valence-electron chi connectivity index (χ1n) is 6.16. The first-order chi connectivity index (χ1) is 9.79. The van der Waals surface area contributed by atoms with E-state index in [0.717, 1.165) is 22.7 Å². The molecule has 20 heavy (non-hydrogen) atoms. The highest BCUT2D eigenvalue weighted by atomic mass is 35.5. The van der Waals surface area contributed by atoms with Crippen LogP contribution in [0.3, 0.4) is 0 Å². The van der Waals surface area contributed by atoms with Crippen LogP contribution >= 0.6 is 23.4 Å². The van der Waals surface area contributed by atoms with E-state index in [2.05, 4.69) is 17.5 Å². The molecule has 1 aliphatic heterocycles. The molecule has 1 N–H and O–H groups in total. The minimum atomic E-state index is 0.599. The van der Waals surface area contributed by atoms with E-state index in [9.17, 15) is 5.26 Å². The molecule has 1 heterocycles. The SMILES string of the molecule is N#C/C(=C1\CSc2ccccc2N1)c1ccccc1Cl. The van der Waals surface area contributed by atoms with Crippen LogP contribution < -0.4 is 5.32 Å². The zero-order valence-corrected chi connectivity index (χ0v) is 12.1. The van der Waals surface area contributed by atoms with E-state index in [-0.39, 0.29) is 0 Å². The molecule has 98 valence electrons. The van der Waals surface area contributed by atoms with E-state index in [4.69, 9.17) is 11.6 Å². The highest BCUT2D eigenvalue weighted by Crippen LogP contribution is 2.37. The van der Waals surface area contributed by atoms with Gasteiger partial charge >= 0.3 is 0 Å². The number of hydrogen-bond donors (Lipinski definition) is 1. The van der Waals surface area contributed by atoms with Crippen LogP contribution in [0.15, 0.2) is 59.1 Å². The van der Waals surface area contributed by atoms with Crippen LogP contribution in [0.5, 0.6) is 0 Å². The monoisotopic (exact) mass is 298 g/mol. The molecule has 2 aromatic carbocycles. The largest absolute Gasteiger partial charge is 0.356 e. The fourth-order valence-corrected chi connectivity index (χ4v) is 3.33. The summed E-state index contributed by atoms with van der Waals surface area (Å²) in [4.78, 5) is 1.20. The summed E-state index contributed by atoms with van der Waals surface area (Å²) < 4.78 is 0. The lowest BCUT2D eigenvalue weighted by molar-refractivity contribution is 1.29. The van der Waals surface area contributed by atoms with Gasteiger partial charge in [0.25, 0.3) is 0 Å². The molecule has 0 bridgehead atoms. The molecule has 0 unspecified atom stereocenters. The maximum Gasteiger partial charge on any atom is 0.102 e. The smallest absolute Gasteiger partial charge is 0.102 e. The van der Waals surface area contributed by atoms with Crippen molar-refractivity contribution >= 4 is 34.6 Å². The number of thioether (sulfide) groups is 1. The Morgan fingerprint density at radius 3 is 2.70 bits per heavy atom. The van der Waals surface area contributed by atoms with Crippen molar-refractivity contribution in [3.8, 4) is 6.07 Å². The van der Waals surface area contributed by atoms with Gasteiger partial charge in [-0.15, -0.1) is 11.8 Å². The van der Waals surface area contributed by atoms with E-state index < -0.39 is 0 Å². The van der Waals surface area contributed by atoms with Gasteiger partial charge in [0.05, 0.1) is 11.3 Å². The van der Waals surface area contributed by atoms with Gasteiger partial charge in [0.2, 0.25) is 0 Å². The molecule has 0 fully saturated rings. The number of benzene rings is 2. The molecule has 0 spiro atoms. The number of rotatable bonds is 1. The van der Waals surface area contributed by atoms with Crippen LogP contribution in [-0.2, 0) is 0 Å². The summed E-state index contributed by atoms with van der Waals surface area (Å²) in [5, 5.41) is 13.4. The third-order valence-corrected chi connectivity index (χ3v) is 4.53. The summed E-state index contributed by atoms with van der Waals surface area (Å²) in [6.45, 7) is 0. The lowest BCUT2D eigenvalue weighted by atomic mass is 10.0. The second-order valence-corrected chi connectivity index (χ2v) is 5.78. The minimum absolute atomic E-state index is 0.599. The maximum atomic E-state index is 9.49. The van der Waals surface area contributed by atoms with Crippen molar-refractivity contribution < 1.29 is 0 Å². The maximum absolute atomic E-state index is 9.49. The molecule has 0 aromatic heterocycles. The number of anilines is 1. The second kappa shape index (κ2) is 5.62. The standard InChI is InChI=1S/C16H11ClN2S/c17-13-6-2-1-5-11(13)12(9-18)15-10-20-16-8-4-3-7-14(16)19-15/h1-8,19H,10H2/b15-12-. The summed E-state index contributed by atoms with van der Waals surface area (Å²) in [6.07, 6.45) is 0. The second-order valence-electron chi connectivity index (χ2n) is 4.36. The average Bonchev–Trinajstić information content (AvgIpc) is 2.50. The first kappa shape index (κ1) is 13.1. The number of nitriles is 1. The Hall–Kier alpha value is -1.89. The fourth-order valence-electron chi connectivity index (χ4n) is 2.13. The van der Waals surface area contributed by atoms with Crippen molar-refractivity contribution in [1.29, 1.82) is 5.26 Å². The Morgan fingerprint density at radius 2 is 1.90 bits per heavy atom. The zero-order chi connectivity index (χ0) is 13.9. The zero-order valence-electron chi connectivity index (χ0n) is 10.6. The molecule has 0 radical (unpaired) electrons. The highest BCUT2D eigenvalue weighted by molar-refractivity contribution is 7.99. The van der Waals surface area contributed by atoms with E-state index in [0.29, 0.717) is 10.6 Å². The van der Waals surface area contributed by atoms with E-state index in [1.54, 1.807) is 17.8 Å². The van der Waals surface area contributed by atoms with E-state index in [1.807, 2.05) is 36.4 Å². The van der Waals surface area contributed by atoms with Gasteiger partial charge in [-0.1, -0.05) is 41.9 Å². The third-order valence-electron chi connectivity index (χ3n) is 3.10. The molecule has 1 aliphatic rings. The van der Waals surface area contributed by atoms with Gasteiger partial charge in [-0.2, -0.15) is 5.26 Å². The fraction of sp³-hybridized carbons (Fsp3) is 0.0625. The predicted octanol–water partition coefficient (Wildman–Crippen LogP) is 4.79. The Bertz CT molecular complexity index is 731. The summed E-state index contributed by atoms with van der Waals surface area (Å²) in [7, 11) is 0. The van der Waals surface area contributed by atoms with Gasteiger partial charge in [0.1, 0.15) is 6.07 Å². The number of nitrogens with zero attached hydrogens (tertiary/aromatic N) is 1.